The van der Waals surface area contributed by atoms with Crippen molar-refractivity contribution in [3.8, 4) is 0 Å². The largest absolute Gasteiger partial charge is 0.390 e. The van der Waals surface area contributed by atoms with Gasteiger partial charge in [-0.05, 0) is 67.6 Å². The summed E-state index contributed by atoms with van der Waals surface area (Å²) < 4.78 is 0. The van der Waals surface area contributed by atoms with Gasteiger partial charge < -0.3 is 5.11 Å². The van der Waals surface area contributed by atoms with Crippen molar-refractivity contribution in [1.29, 1.82) is 0 Å². The lowest BCUT2D eigenvalue weighted by atomic mass is 9.63. The molecule has 16 heavy (non-hydrogen) atoms. The van der Waals surface area contributed by atoms with E-state index in [0.29, 0.717) is 10.8 Å². The highest BCUT2D eigenvalue weighted by Gasteiger charge is 2.66. The summed E-state index contributed by atoms with van der Waals surface area (Å²) in [4.78, 5) is 0. The summed E-state index contributed by atoms with van der Waals surface area (Å²) in [6, 6.07) is 0. The molecule has 0 aromatic heterocycles. The first-order chi connectivity index (χ1) is 7.28. The van der Waals surface area contributed by atoms with Crippen LogP contribution < -0.4 is 0 Å². The van der Waals surface area contributed by atoms with Crippen LogP contribution in [0.4, 0.5) is 0 Å². The number of hydrogen-bond donors (Lipinski definition) is 1. The summed E-state index contributed by atoms with van der Waals surface area (Å²) in [7, 11) is 0. The first-order valence-corrected chi connectivity index (χ1v) is 7.00. The fourth-order valence-corrected chi connectivity index (χ4v) is 5.81. The summed E-state index contributed by atoms with van der Waals surface area (Å²) in [5, 5.41) is 10.5. The van der Waals surface area contributed by atoms with E-state index in [2.05, 4.69) is 27.7 Å². The Kier molecular flexibility index (Phi) is 1.98. The zero-order chi connectivity index (χ0) is 11.8. The smallest absolute Gasteiger partial charge is 0.0628 e. The van der Waals surface area contributed by atoms with Gasteiger partial charge in [0, 0.05) is 0 Å². The fourth-order valence-electron chi connectivity index (χ4n) is 5.81. The molecule has 2 bridgehead atoms. The van der Waals surface area contributed by atoms with Gasteiger partial charge >= 0.3 is 0 Å². The molecule has 0 aromatic rings. The molecule has 0 heterocycles. The van der Waals surface area contributed by atoms with Gasteiger partial charge in [0.25, 0.3) is 0 Å². The van der Waals surface area contributed by atoms with Crippen LogP contribution in [0.3, 0.4) is 0 Å². The molecule has 3 aliphatic carbocycles. The molecule has 0 radical (unpaired) electrons. The first-order valence-electron chi connectivity index (χ1n) is 7.00. The second-order valence-electron chi connectivity index (χ2n) is 7.86. The van der Waals surface area contributed by atoms with Gasteiger partial charge in [-0.15, -0.1) is 0 Å². The van der Waals surface area contributed by atoms with Crippen molar-refractivity contribution in [3.05, 3.63) is 0 Å². The SMILES string of the molecule is C[C@@H]1CC[C@H]2C(C)(C)[C@@H]3C[C@@](C)(O)C[C@]12C3. The maximum Gasteiger partial charge on any atom is 0.0628 e. The van der Waals surface area contributed by atoms with Gasteiger partial charge in [0.05, 0.1) is 5.60 Å². The molecule has 3 rings (SSSR count). The summed E-state index contributed by atoms with van der Waals surface area (Å²) in [6.07, 6.45) is 6.27. The first kappa shape index (κ1) is 11.1. The second kappa shape index (κ2) is 2.85. The zero-order valence-electron chi connectivity index (χ0n) is 11.2. The van der Waals surface area contributed by atoms with Crippen LogP contribution in [-0.2, 0) is 0 Å². The van der Waals surface area contributed by atoms with Crippen molar-refractivity contribution in [1.82, 2.24) is 0 Å². The maximum absolute atomic E-state index is 10.5. The number of aliphatic hydroxyl groups is 1. The summed E-state index contributed by atoms with van der Waals surface area (Å²) in [6.45, 7) is 9.43. The van der Waals surface area contributed by atoms with Crippen molar-refractivity contribution in [2.24, 2.45) is 28.6 Å². The lowest BCUT2D eigenvalue weighted by molar-refractivity contribution is -0.0532. The van der Waals surface area contributed by atoms with Gasteiger partial charge in [-0.3, -0.25) is 0 Å². The normalized spacial score (nSPS) is 58.7. The molecule has 1 heteroatoms. The molecule has 0 aromatic carbocycles. The molecule has 0 saturated heterocycles. The third-order valence-corrected chi connectivity index (χ3v) is 6.54. The van der Waals surface area contributed by atoms with Gasteiger partial charge in [-0.25, -0.2) is 0 Å². The lowest BCUT2D eigenvalue weighted by Gasteiger charge is -2.44. The Labute approximate surface area is 99.6 Å². The van der Waals surface area contributed by atoms with Gasteiger partial charge in [0.1, 0.15) is 0 Å². The van der Waals surface area contributed by atoms with E-state index in [1.165, 1.54) is 19.3 Å². The predicted octanol–water partition coefficient (Wildman–Crippen LogP) is 3.61. The lowest BCUT2D eigenvalue weighted by Crippen LogP contribution is -2.41. The Morgan fingerprint density at radius 2 is 1.75 bits per heavy atom. The van der Waals surface area contributed by atoms with Crippen LogP contribution in [0, 0.1) is 28.6 Å². The summed E-state index contributed by atoms with van der Waals surface area (Å²) in [5.41, 5.74) is 0.550. The van der Waals surface area contributed by atoms with Gasteiger partial charge in [-0.1, -0.05) is 20.8 Å². The maximum atomic E-state index is 10.5. The van der Waals surface area contributed by atoms with Crippen LogP contribution in [0.25, 0.3) is 0 Å². The van der Waals surface area contributed by atoms with Crippen LogP contribution >= 0.6 is 0 Å². The van der Waals surface area contributed by atoms with Crippen molar-refractivity contribution >= 4 is 0 Å². The number of hydrogen-bond acceptors (Lipinski definition) is 1. The van der Waals surface area contributed by atoms with Gasteiger partial charge in [0.15, 0.2) is 0 Å². The average Bonchev–Trinajstić information content (AvgIpc) is 2.48. The highest BCUT2D eigenvalue weighted by molar-refractivity contribution is 5.15. The molecule has 0 aliphatic heterocycles. The molecular formula is C15H26O. The van der Waals surface area contributed by atoms with Crippen LogP contribution in [0.5, 0.6) is 0 Å². The molecule has 3 fully saturated rings. The Hall–Kier alpha value is -0.0400. The Balaban J connectivity index is 2.07. The zero-order valence-corrected chi connectivity index (χ0v) is 11.2. The Bertz CT molecular complexity index is 317. The van der Waals surface area contributed by atoms with E-state index in [9.17, 15) is 5.11 Å². The van der Waals surface area contributed by atoms with Gasteiger partial charge in [0.2, 0.25) is 0 Å². The van der Waals surface area contributed by atoms with E-state index in [4.69, 9.17) is 0 Å². The molecule has 1 spiro atoms. The minimum absolute atomic E-state index is 0.395. The van der Waals surface area contributed by atoms with E-state index >= 15 is 0 Å². The van der Waals surface area contributed by atoms with E-state index < -0.39 is 5.60 Å². The Morgan fingerprint density at radius 1 is 1.06 bits per heavy atom. The molecule has 0 unspecified atom stereocenters. The molecule has 3 saturated carbocycles. The number of fused-ring (bicyclic) bond motifs is 1. The monoisotopic (exact) mass is 222 g/mol. The quantitative estimate of drug-likeness (QED) is 0.664. The topological polar surface area (TPSA) is 20.2 Å². The van der Waals surface area contributed by atoms with Crippen molar-refractivity contribution in [2.75, 3.05) is 0 Å². The van der Waals surface area contributed by atoms with Crippen LogP contribution in [0.15, 0.2) is 0 Å². The molecule has 1 N–H and O–H groups in total. The molecule has 1 nitrogen and oxygen atoms in total. The number of rotatable bonds is 0. The van der Waals surface area contributed by atoms with E-state index in [0.717, 1.165) is 30.6 Å². The molecule has 5 atom stereocenters. The third kappa shape index (κ3) is 1.16. The van der Waals surface area contributed by atoms with Gasteiger partial charge in [-0.2, -0.15) is 0 Å². The van der Waals surface area contributed by atoms with Crippen molar-refractivity contribution in [2.45, 2.75) is 65.4 Å². The predicted molar refractivity (Wildman–Crippen MR) is 66.1 cm³/mol. The fraction of sp³-hybridized carbons (Fsp3) is 1.00. The molecular weight excluding hydrogens is 196 g/mol. The highest BCUT2D eigenvalue weighted by atomic mass is 16.3. The van der Waals surface area contributed by atoms with Crippen LogP contribution in [0.1, 0.15) is 59.8 Å². The standard InChI is InChI=1S/C15H26O/c1-10-5-6-12-13(2,3)11-7-14(4,16)9-15(10,12)8-11/h10-12,16H,5-9H2,1-4H3/t10-,11-,12+,14-,15-/m1/s1. The second-order valence-corrected chi connectivity index (χ2v) is 7.86. The van der Waals surface area contributed by atoms with E-state index in [1.807, 2.05) is 0 Å². The van der Waals surface area contributed by atoms with Crippen LogP contribution in [-0.4, -0.2) is 10.7 Å². The minimum atomic E-state index is -0.395. The molecule has 3 aliphatic rings. The Morgan fingerprint density at radius 3 is 2.44 bits per heavy atom. The van der Waals surface area contributed by atoms with Crippen molar-refractivity contribution in [3.63, 3.8) is 0 Å². The van der Waals surface area contributed by atoms with E-state index in [1.54, 1.807) is 0 Å². The molecule has 0 amide bonds. The summed E-state index contributed by atoms with van der Waals surface area (Å²) >= 11 is 0. The average molecular weight is 222 g/mol. The highest BCUT2D eigenvalue weighted by Crippen LogP contribution is 2.72. The third-order valence-electron chi connectivity index (χ3n) is 6.54. The van der Waals surface area contributed by atoms with Crippen LogP contribution in [0.2, 0.25) is 0 Å². The minimum Gasteiger partial charge on any atom is -0.390 e. The van der Waals surface area contributed by atoms with E-state index in [-0.39, 0.29) is 0 Å². The summed E-state index contributed by atoms with van der Waals surface area (Å²) in [5.74, 6) is 2.45. The van der Waals surface area contributed by atoms with Crippen molar-refractivity contribution < 1.29 is 5.11 Å². The molecule has 92 valence electrons.